The van der Waals surface area contributed by atoms with E-state index in [0.717, 1.165) is 57.5 Å². The number of esters is 1. The van der Waals surface area contributed by atoms with E-state index < -0.39 is 34.4 Å². The molecule has 3 N–H and O–H groups in total. The van der Waals surface area contributed by atoms with Crippen molar-refractivity contribution in [2.45, 2.75) is 110 Å². The highest BCUT2D eigenvalue weighted by Gasteiger charge is 2.93. The van der Waals surface area contributed by atoms with Crippen LogP contribution in [0.2, 0.25) is 0 Å². The van der Waals surface area contributed by atoms with Crippen LogP contribution in [0.4, 0.5) is 0 Å². The molecule has 4 amide bonds. The lowest BCUT2D eigenvalue weighted by Crippen LogP contribution is -2.61. The third kappa shape index (κ3) is 8.69. The van der Waals surface area contributed by atoms with Gasteiger partial charge in [0.2, 0.25) is 23.6 Å². The molecule has 2 unspecified atom stereocenters. The molecule has 5 atom stereocenters. The first kappa shape index (κ1) is 49.0. The number of phenols is 1. The van der Waals surface area contributed by atoms with Crippen LogP contribution < -0.4 is 10.7 Å². The number of phenolic OH excluding ortho intramolecular Hbond substituents is 1. The fourth-order valence-electron chi connectivity index (χ4n) is 12.4. The monoisotopic (exact) mass is 954 g/mol. The molecule has 1 aromatic heterocycles. The van der Waals surface area contributed by atoms with Crippen molar-refractivity contribution in [1.29, 1.82) is 0 Å². The minimum absolute atomic E-state index is 0.0707. The number of hydrogen-bond donors (Lipinski definition) is 3. The van der Waals surface area contributed by atoms with E-state index in [9.17, 15) is 24.3 Å². The topological polar surface area (TPSA) is 157 Å². The summed E-state index contributed by atoms with van der Waals surface area (Å²) in [5.74, 6) is -1.97. The zero-order chi connectivity index (χ0) is 50.0. The van der Waals surface area contributed by atoms with Gasteiger partial charge in [0.15, 0.2) is 0 Å². The van der Waals surface area contributed by atoms with Crippen molar-refractivity contribution in [2.24, 2.45) is 28.6 Å². The van der Waals surface area contributed by atoms with Crippen molar-refractivity contribution in [2.75, 3.05) is 47.4 Å². The number of benzene rings is 3. The molecule has 70 heavy (non-hydrogen) atoms. The molecule has 4 heterocycles. The van der Waals surface area contributed by atoms with E-state index in [1.165, 1.54) is 11.6 Å². The molecular formula is C56H71N7O7. The Morgan fingerprint density at radius 1 is 0.971 bits per heavy atom. The molecular weight excluding hydrogens is 883 g/mol. The summed E-state index contributed by atoms with van der Waals surface area (Å²) >= 11 is 0. The number of fused-ring (bicyclic) bond motifs is 9. The molecule has 372 valence electrons. The molecule has 9 rings (SSSR count). The molecule has 0 radical (unpaired) electrons. The second-order valence-electron chi connectivity index (χ2n) is 22.1. The SMILES string of the molecule is C=CC(=O)N1CCC(C(=O)N(C)[C@H](C(=O)NC23CC2[C@@]32Cc3cc(O)cc(c3)-c3ccc4c(c3)c(c(-c3ccccc3CN(C)C)n4CC)CC(C)(C)COC(=O)[C@@H]3CCCN(N3)C2=O)C(C)C)CC1. The zero-order valence-electron chi connectivity index (χ0n) is 42.3. The van der Waals surface area contributed by atoms with E-state index in [1.54, 1.807) is 34.0 Å². The Kier molecular flexibility index (Phi) is 13.1. The van der Waals surface area contributed by atoms with Gasteiger partial charge in [0.05, 0.1) is 23.3 Å². The van der Waals surface area contributed by atoms with Gasteiger partial charge in [-0.25, -0.2) is 5.43 Å². The maximum atomic E-state index is 15.3. The number of nitrogens with one attached hydrogen (secondary N) is 2. The number of rotatable bonds is 10. The van der Waals surface area contributed by atoms with E-state index in [4.69, 9.17) is 4.74 Å². The Labute approximate surface area is 412 Å². The van der Waals surface area contributed by atoms with E-state index >= 15 is 4.79 Å². The lowest BCUT2D eigenvalue weighted by Gasteiger charge is -2.39. The lowest BCUT2D eigenvalue weighted by atomic mass is 9.82. The molecule has 14 heteroatoms. The van der Waals surface area contributed by atoms with Gasteiger partial charge >= 0.3 is 5.97 Å². The van der Waals surface area contributed by atoms with E-state index in [1.807, 2.05) is 13.8 Å². The number of cyclic esters (lactones) is 1. The standard InChI is InChI=1S/C56H71N7O7/c1-10-47(65)61-23-20-36(21-24-61)51(67)60(9)48(34(3)4)50(66)57-56-31-46(56)55(56)29-35-25-39(27-40(64)26-35)37-18-19-45-42(28-37)43(49(62(45)11-2)41-16-13-12-15-38(41)32-59(7)8)30-54(5,6)33-70-52(68)44-17-14-22-63(58-44)53(55)69/h10,12-13,15-16,18-19,25-28,34,36,44,46,48,58,64H,1,11,14,17,20-24,29-33H2,2-9H3,(H,57,66)/t44-,46?,48-,55+,56?/m0/s1. The third-order valence-electron chi connectivity index (χ3n) is 16.0. The number of aryl methyl sites for hydroxylation is 1. The Hall–Kier alpha value is -5.99. The fourth-order valence-corrected chi connectivity index (χ4v) is 12.4. The number of ether oxygens (including phenoxy) is 1. The van der Waals surface area contributed by atoms with E-state index in [0.29, 0.717) is 58.2 Å². The van der Waals surface area contributed by atoms with Gasteiger partial charge in [-0.1, -0.05) is 70.7 Å². The first-order valence-corrected chi connectivity index (χ1v) is 25.3. The molecule has 3 aromatic carbocycles. The van der Waals surface area contributed by atoms with Crippen molar-refractivity contribution >= 4 is 40.5 Å². The highest BCUT2D eigenvalue weighted by atomic mass is 16.5. The van der Waals surface area contributed by atoms with Crippen LogP contribution in [0.5, 0.6) is 5.75 Å². The van der Waals surface area contributed by atoms with Crippen LogP contribution in [0.3, 0.4) is 0 Å². The van der Waals surface area contributed by atoms with Crippen LogP contribution >= 0.6 is 0 Å². The van der Waals surface area contributed by atoms with Crippen LogP contribution in [0.15, 0.2) is 73.3 Å². The number of aromatic hydroxyl groups is 1. The number of hydrogen-bond acceptors (Lipinski definition) is 9. The van der Waals surface area contributed by atoms with E-state index in [-0.39, 0.29) is 60.2 Å². The quantitative estimate of drug-likeness (QED) is 0.116. The predicted octanol–water partition coefficient (Wildman–Crippen LogP) is 6.71. The van der Waals surface area contributed by atoms with Crippen molar-refractivity contribution in [3.05, 3.63) is 90.0 Å². The van der Waals surface area contributed by atoms with Crippen molar-refractivity contribution in [3.8, 4) is 28.1 Å². The number of carbonyl (C=O) groups excluding carboxylic acids is 5. The smallest absolute Gasteiger partial charge is 0.324 e. The summed E-state index contributed by atoms with van der Waals surface area (Å²) in [5.41, 5.74) is 9.03. The number of aromatic nitrogens is 1. The number of piperidine rings is 1. The van der Waals surface area contributed by atoms with Gasteiger partial charge in [0.1, 0.15) is 17.8 Å². The number of amides is 4. The van der Waals surface area contributed by atoms with Gasteiger partial charge in [-0.15, -0.1) is 0 Å². The zero-order valence-corrected chi connectivity index (χ0v) is 42.3. The Balaban J connectivity index is 1.10. The molecule has 6 bridgehead atoms. The highest BCUT2D eigenvalue weighted by molar-refractivity contribution is 5.98. The number of likely N-dealkylation sites (N-methyl/N-ethyl adjacent to an activating group) is 1. The first-order valence-electron chi connectivity index (χ1n) is 25.3. The van der Waals surface area contributed by atoms with Crippen molar-refractivity contribution < 1.29 is 33.8 Å². The average molecular weight is 954 g/mol. The Morgan fingerprint density at radius 2 is 1.71 bits per heavy atom. The van der Waals surface area contributed by atoms with Gasteiger partial charge in [0, 0.05) is 73.5 Å². The molecule has 5 aliphatic rings. The third-order valence-corrected chi connectivity index (χ3v) is 16.0. The fraction of sp³-hybridized carbons (Fsp3) is 0.518. The summed E-state index contributed by atoms with van der Waals surface area (Å²) in [4.78, 5) is 75.8. The highest BCUT2D eigenvalue weighted by Crippen LogP contribution is 2.82. The molecule has 4 fully saturated rings. The van der Waals surface area contributed by atoms with E-state index in [2.05, 4.69) is 110 Å². The maximum absolute atomic E-state index is 15.3. The van der Waals surface area contributed by atoms with Crippen LogP contribution in [0.1, 0.15) is 83.4 Å². The van der Waals surface area contributed by atoms with Crippen LogP contribution in [-0.2, 0) is 54.6 Å². The second kappa shape index (κ2) is 18.6. The largest absolute Gasteiger partial charge is 0.508 e. The molecule has 1 spiro atoms. The van der Waals surface area contributed by atoms with Gasteiger partial charge in [-0.05, 0) is 130 Å². The summed E-state index contributed by atoms with van der Waals surface area (Å²) in [6, 6.07) is 19.0. The number of likely N-dealkylation sites (tertiary alicyclic amines) is 1. The number of nitrogens with zero attached hydrogens (tertiary/aromatic N) is 5. The predicted molar refractivity (Wildman–Crippen MR) is 270 cm³/mol. The van der Waals surface area contributed by atoms with Crippen molar-refractivity contribution in [1.82, 2.24) is 35.0 Å². The van der Waals surface area contributed by atoms with Gasteiger partial charge in [-0.3, -0.25) is 29.0 Å². The van der Waals surface area contributed by atoms with Crippen LogP contribution in [-0.4, -0.2) is 124 Å². The molecule has 2 aliphatic carbocycles. The maximum Gasteiger partial charge on any atom is 0.324 e. The van der Waals surface area contributed by atoms with Gasteiger partial charge < -0.3 is 34.4 Å². The van der Waals surface area contributed by atoms with Crippen LogP contribution in [0.25, 0.3) is 33.3 Å². The molecule has 2 saturated heterocycles. The number of carbonyl (C=O) groups is 5. The molecule has 14 nitrogen and oxygen atoms in total. The molecule has 4 aromatic rings. The summed E-state index contributed by atoms with van der Waals surface area (Å²) < 4.78 is 8.60. The van der Waals surface area contributed by atoms with Crippen LogP contribution in [0, 0.1) is 28.6 Å². The normalized spacial score (nSPS) is 24.8. The second-order valence-corrected chi connectivity index (χ2v) is 22.1. The van der Waals surface area contributed by atoms with Gasteiger partial charge in [-0.2, -0.15) is 0 Å². The van der Waals surface area contributed by atoms with Crippen molar-refractivity contribution in [3.63, 3.8) is 0 Å². The van der Waals surface area contributed by atoms with Gasteiger partial charge in [0.25, 0.3) is 0 Å². The molecule has 2 saturated carbocycles. The Morgan fingerprint density at radius 3 is 2.40 bits per heavy atom. The summed E-state index contributed by atoms with van der Waals surface area (Å²) in [6.45, 7) is 16.8. The summed E-state index contributed by atoms with van der Waals surface area (Å²) in [7, 11) is 5.83. The average Bonchev–Trinajstić information content (AvgIpc) is 4.16. The summed E-state index contributed by atoms with van der Waals surface area (Å²) in [6.07, 6.45) is 4.78. The lowest BCUT2D eigenvalue weighted by molar-refractivity contribution is -0.157. The minimum Gasteiger partial charge on any atom is -0.508 e. The minimum atomic E-state index is -1.08. The molecule has 3 aliphatic heterocycles. The Bertz CT molecular complexity index is 2750. The number of hydrazine groups is 1. The summed E-state index contributed by atoms with van der Waals surface area (Å²) in [5, 5.41) is 17.5. The first-order chi connectivity index (χ1) is 33.3.